The van der Waals surface area contributed by atoms with Crippen LogP contribution in [0.2, 0.25) is 0 Å². The lowest BCUT2D eigenvalue weighted by Gasteiger charge is -2.41. The fraction of sp³-hybridized carbons (Fsp3) is 0.717. The van der Waals surface area contributed by atoms with E-state index in [1.165, 1.54) is 51.4 Å². The number of unbranched alkanes of at least 4 members (excludes halogenated alkanes) is 12. The average molecular weight is 855 g/mol. The van der Waals surface area contributed by atoms with Crippen LogP contribution in [0.4, 0.5) is 0 Å². The van der Waals surface area contributed by atoms with E-state index in [-0.39, 0.29) is 19.6 Å². The average Bonchev–Trinajstić information content (AvgIpc) is 3.20. The lowest BCUT2D eigenvalue weighted by molar-refractivity contribution is -0.301. The van der Waals surface area contributed by atoms with Crippen molar-refractivity contribution in [1.82, 2.24) is 0 Å². The van der Waals surface area contributed by atoms with Crippen molar-refractivity contribution < 1.29 is 56.2 Å². The van der Waals surface area contributed by atoms with E-state index < -0.39 is 59.8 Å². The molecule has 1 saturated heterocycles. The highest BCUT2D eigenvalue weighted by Gasteiger charge is 2.48. The van der Waals surface area contributed by atoms with Crippen LogP contribution in [0.25, 0.3) is 0 Å². The third-order valence-electron chi connectivity index (χ3n) is 9.59. The molecule has 1 rings (SSSR count). The number of rotatable bonds is 37. The van der Waals surface area contributed by atoms with Crippen LogP contribution in [0, 0.1) is 0 Å². The molecule has 0 saturated carbocycles. The van der Waals surface area contributed by atoms with E-state index >= 15 is 0 Å². The minimum absolute atomic E-state index is 0.00620. The summed E-state index contributed by atoms with van der Waals surface area (Å²) in [7, 11) is -5.07. The first-order valence-corrected chi connectivity index (χ1v) is 23.6. The van der Waals surface area contributed by atoms with Gasteiger partial charge < -0.3 is 34.3 Å². The SMILES string of the molecule is CC/C=C\C/C=C\C/C=C\C/C=C\C/C=C\C/C=C\CCCOCC(COC1OC(CO)C(O)C(OS(=O)(=O)O)C1O)OC(=O)CCCCCCCCCCCCCC. The van der Waals surface area contributed by atoms with Gasteiger partial charge in [0.2, 0.25) is 0 Å². The van der Waals surface area contributed by atoms with E-state index in [1.807, 2.05) is 0 Å². The summed E-state index contributed by atoms with van der Waals surface area (Å²) in [6, 6.07) is 0. The minimum atomic E-state index is -5.07. The smallest absolute Gasteiger partial charge is 0.397 e. The summed E-state index contributed by atoms with van der Waals surface area (Å²) in [6.45, 7) is 3.70. The number of carbonyl (C=O) groups is 1. The zero-order valence-electron chi connectivity index (χ0n) is 36.0. The first kappa shape index (κ1) is 54.6. The Labute approximate surface area is 356 Å². The van der Waals surface area contributed by atoms with Crippen molar-refractivity contribution in [1.29, 1.82) is 0 Å². The van der Waals surface area contributed by atoms with Crippen LogP contribution in [-0.4, -0.2) is 97.5 Å². The number of allylic oxidation sites excluding steroid dienone is 12. The Kier molecular flexibility index (Phi) is 34.5. The third-order valence-corrected chi connectivity index (χ3v) is 10.1. The monoisotopic (exact) mass is 855 g/mol. The number of esters is 1. The van der Waals surface area contributed by atoms with Crippen molar-refractivity contribution >= 4 is 16.4 Å². The van der Waals surface area contributed by atoms with Crippen molar-refractivity contribution in [2.24, 2.45) is 0 Å². The van der Waals surface area contributed by atoms with Gasteiger partial charge >= 0.3 is 16.4 Å². The molecule has 6 atom stereocenters. The maximum atomic E-state index is 12.8. The van der Waals surface area contributed by atoms with Crippen molar-refractivity contribution in [2.75, 3.05) is 26.4 Å². The Hall–Kier alpha value is -2.46. The largest absolute Gasteiger partial charge is 0.457 e. The Balaban J connectivity index is 2.48. The van der Waals surface area contributed by atoms with Crippen LogP contribution in [0.3, 0.4) is 0 Å². The predicted molar refractivity (Wildman–Crippen MR) is 234 cm³/mol. The van der Waals surface area contributed by atoms with Gasteiger partial charge in [-0.2, -0.15) is 8.42 Å². The summed E-state index contributed by atoms with van der Waals surface area (Å²) in [5, 5.41) is 30.6. The van der Waals surface area contributed by atoms with Crippen molar-refractivity contribution in [2.45, 2.75) is 185 Å². The Morgan fingerprint density at radius 3 is 1.64 bits per heavy atom. The van der Waals surface area contributed by atoms with Crippen LogP contribution in [0.15, 0.2) is 72.9 Å². The van der Waals surface area contributed by atoms with Gasteiger partial charge in [-0.05, 0) is 57.8 Å². The second-order valence-electron chi connectivity index (χ2n) is 14.9. The van der Waals surface area contributed by atoms with Crippen molar-refractivity contribution in [3.05, 3.63) is 72.9 Å². The molecule has 0 radical (unpaired) electrons. The lowest BCUT2D eigenvalue weighted by atomic mass is 9.99. The van der Waals surface area contributed by atoms with Crippen LogP contribution < -0.4 is 0 Å². The quantitative estimate of drug-likeness (QED) is 0.0202. The Morgan fingerprint density at radius 1 is 0.661 bits per heavy atom. The van der Waals surface area contributed by atoms with Crippen LogP contribution in [-0.2, 0) is 38.3 Å². The zero-order valence-corrected chi connectivity index (χ0v) is 36.8. The van der Waals surface area contributed by atoms with E-state index in [1.54, 1.807) is 0 Å². The van der Waals surface area contributed by atoms with Gasteiger partial charge in [0, 0.05) is 13.0 Å². The molecule has 4 N–H and O–H groups in total. The third kappa shape index (κ3) is 31.1. The van der Waals surface area contributed by atoms with E-state index in [4.69, 9.17) is 23.5 Å². The fourth-order valence-corrected chi connectivity index (χ4v) is 6.78. The molecule has 1 aliphatic rings. The second kappa shape index (κ2) is 37.3. The zero-order chi connectivity index (χ0) is 43.2. The topological polar surface area (TPSA) is 178 Å². The molecule has 1 aliphatic heterocycles. The molecular weight excluding hydrogens is 777 g/mol. The summed E-state index contributed by atoms with van der Waals surface area (Å²) in [5.74, 6) is -0.423. The summed E-state index contributed by atoms with van der Waals surface area (Å²) >= 11 is 0. The maximum absolute atomic E-state index is 12.8. The minimum Gasteiger partial charge on any atom is -0.457 e. The molecule has 59 heavy (non-hydrogen) atoms. The van der Waals surface area contributed by atoms with E-state index in [0.29, 0.717) is 13.0 Å². The van der Waals surface area contributed by atoms with Gasteiger partial charge in [-0.15, -0.1) is 0 Å². The second-order valence-corrected chi connectivity index (χ2v) is 16.0. The van der Waals surface area contributed by atoms with Gasteiger partial charge in [0.15, 0.2) is 6.29 Å². The molecule has 13 heteroatoms. The number of aliphatic hydroxyl groups is 3. The standard InChI is InChI=1S/C46H78O12S/c1-3-5-7-9-11-13-15-17-18-19-20-21-22-23-24-26-28-30-32-34-36-54-38-40(56-42(48)35-33-31-29-27-25-16-14-12-10-8-6-4-2)39-55-46-44(50)45(58-59(51,52)53)43(49)41(37-47)57-46/h5,7,11,13,17-18,20-21,23-24,28,30,40-41,43-47,49-50H,3-4,6,8-10,12,14-16,19,22,25-27,29,31-39H2,1-2H3,(H,51,52,53)/b7-5-,13-11-,18-17-,21-20-,24-23-,30-28-. The molecule has 12 nitrogen and oxygen atoms in total. The number of ether oxygens (including phenoxy) is 4. The predicted octanol–water partition coefficient (Wildman–Crippen LogP) is 9.13. The normalized spacial score (nSPS) is 21.1. The first-order valence-electron chi connectivity index (χ1n) is 22.2. The highest BCUT2D eigenvalue weighted by Crippen LogP contribution is 2.26. The van der Waals surface area contributed by atoms with Crippen LogP contribution in [0.5, 0.6) is 0 Å². The summed E-state index contributed by atoms with van der Waals surface area (Å²) < 4.78 is 58.9. The van der Waals surface area contributed by atoms with Gasteiger partial charge in [-0.1, -0.05) is 157 Å². The molecule has 1 heterocycles. The van der Waals surface area contributed by atoms with Gasteiger partial charge in [0.1, 0.15) is 30.5 Å². The molecule has 6 unspecified atom stereocenters. The summed E-state index contributed by atoms with van der Waals surface area (Å²) in [6.07, 6.45) is 38.1. The van der Waals surface area contributed by atoms with Gasteiger partial charge in [0.05, 0.1) is 19.8 Å². The molecule has 0 aromatic rings. The van der Waals surface area contributed by atoms with Gasteiger partial charge in [0.25, 0.3) is 0 Å². The highest BCUT2D eigenvalue weighted by atomic mass is 32.3. The molecule has 0 aromatic carbocycles. The number of hydrogen-bond acceptors (Lipinski definition) is 11. The molecule has 1 fully saturated rings. The van der Waals surface area contributed by atoms with Crippen molar-refractivity contribution in [3.63, 3.8) is 0 Å². The Bertz CT molecular complexity index is 1310. The summed E-state index contributed by atoms with van der Waals surface area (Å²) in [5.41, 5.74) is 0. The molecular formula is C46H78O12S. The van der Waals surface area contributed by atoms with Crippen molar-refractivity contribution in [3.8, 4) is 0 Å². The van der Waals surface area contributed by atoms with E-state index in [0.717, 1.165) is 70.6 Å². The number of carbonyl (C=O) groups excluding carboxylic acids is 1. The molecule has 0 bridgehead atoms. The lowest BCUT2D eigenvalue weighted by Crippen LogP contribution is -2.60. The molecule has 0 aromatic heterocycles. The molecule has 0 spiro atoms. The van der Waals surface area contributed by atoms with E-state index in [9.17, 15) is 28.5 Å². The number of hydrogen-bond donors (Lipinski definition) is 4. The fourth-order valence-electron chi connectivity index (χ4n) is 6.28. The summed E-state index contributed by atoms with van der Waals surface area (Å²) in [4.78, 5) is 12.8. The number of aliphatic hydroxyl groups excluding tert-OH is 3. The first-order chi connectivity index (χ1) is 28.6. The van der Waals surface area contributed by atoms with Gasteiger partial charge in [-0.3, -0.25) is 9.35 Å². The van der Waals surface area contributed by atoms with Crippen LogP contribution >= 0.6 is 0 Å². The molecule has 340 valence electrons. The highest BCUT2D eigenvalue weighted by molar-refractivity contribution is 7.80. The van der Waals surface area contributed by atoms with Gasteiger partial charge in [-0.25, -0.2) is 4.18 Å². The Morgan fingerprint density at radius 2 is 1.15 bits per heavy atom. The van der Waals surface area contributed by atoms with Crippen LogP contribution in [0.1, 0.15) is 149 Å². The maximum Gasteiger partial charge on any atom is 0.397 e. The van der Waals surface area contributed by atoms with E-state index in [2.05, 4.69) is 90.9 Å². The molecule has 0 amide bonds. The molecule has 0 aliphatic carbocycles.